The Balaban J connectivity index is 1.82. The summed E-state index contributed by atoms with van der Waals surface area (Å²) in [5.74, 6) is 1.82. The molecule has 2 saturated heterocycles. The van der Waals surface area contributed by atoms with Crippen LogP contribution in [0.2, 0.25) is 0 Å². The van der Waals surface area contributed by atoms with Gasteiger partial charge in [-0.2, -0.15) is 0 Å². The van der Waals surface area contributed by atoms with Crippen molar-refractivity contribution < 1.29 is 4.74 Å². The van der Waals surface area contributed by atoms with E-state index in [1.165, 1.54) is 19.5 Å². The Kier molecular flexibility index (Phi) is 1.44. The monoisotopic (exact) mass is 127 g/mol. The predicted molar refractivity (Wildman–Crippen MR) is 35.3 cm³/mol. The van der Waals surface area contributed by atoms with E-state index in [2.05, 4.69) is 5.32 Å². The summed E-state index contributed by atoms with van der Waals surface area (Å²) in [6.45, 7) is 4.48. The molecule has 2 heterocycles. The van der Waals surface area contributed by atoms with Crippen LogP contribution in [0.3, 0.4) is 0 Å². The molecule has 2 heteroatoms. The van der Waals surface area contributed by atoms with Gasteiger partial charge in [-0.05, 0) is 31.3 Å². The summed E-state index contributed by atoms with van der Waals surface area (Å²) in [7, 11) is 0. The minimum atomic E-state index is 0.881. The molecular formula is C7H13NO. The molecule has 2 aliphatic heterocycles. The second kappa shape index (κ2) is 2.27. The average molecular weight is 127 g/mol. The molecule has 0 spiro atoms. The average Bonchev–Trinajstić information content (AvgIpc) is 2.11. The molecule has 0 amide bonds. The zero-order chi connectivity index (χ0) is 6.10. The lowest BCUT2D eigenvalue weighted by atomic mass is 9.87. The normalized spacial score (nSPS) is 36.7. The van der Waals surface area contributed by atoms with Crippen LogP contribution in [0.25, 0.3) is 0 Å². The van der Waals surface area contributed by atoms with Crippen molar-refractivity contribution in [2.24, 2.45) is 11.8 Å². The fourth-order valence-electron chi connectivity index (χ4n) is 1.57. The van der Waals surface area contributed by atoms with Crippen molar-refractivity contribution in [1.29, 1.82) is 0 Å². The van der Waals surface area contributed by atoms with Gasteiger partial charge in [0.15, 0.2) is 0 Å². The van der Waals surface area contributed by atoms with Crippen LogP contribution in [0.1, 0.15) is 6.42 Å². The summed E-state index contributed by atoms with van der Waals surface area (Å²) in [6.07, 6.45) is 1.30. The van der Waals surface area contributed by atoms with Gasteiger partial charge in [-0.1, -0.05) is 0 Å². The molecule has 0 saturated carbocycles. The molecule has 0 aromatic heterocycles. The van der Waals surface area contributed by atoms with Crippen molar-refractivity contribution in [3.63, 3.8) is 0 Å². The minimum Gasteiger partial charge on any atom is -0.381 e. The topological polar surface area (TPSA) is 21.3 Å². The van der Waals surface area contributed by atoms with Gasteiger partial charge >= 0.3 is 0 Å². The Morgan fingerprint density at radius 3 is 2.56 bits per heavy atom. The Morgan fingerprint density at radius 1 is 1.22 bits per heavy atom. The van der Waals surface area contributed by atoms with Crippen molar-refractivity contribution >= 4 is 0 Å². The lowest BCUT2D eigenvalue weighted by Gasteiger charge is -2.31. The van der Waals surface area contributed by atoms with Crippen LogP contribution in [-0.4, -0.2) is 26.3 Å². The van der Waals surface area contributed by atoms with E-state index in [1.807, 2.05) is 0 Å². The van der Waals surface area contributed by atoms with Crippen LogP contribution in [0.4, 0.5) is 0 Å². The van der Waals surface area contributed by atoms with E-state index in [1.54, 1.807) is 0 Å². The van der Waals surface area contributed by atoms with Crippen LogP contribution >= 0.6 is 0 Å². The molecule has 0 bridgehead atoms. The van der Waals surface area contributed by atoms with Gasteiger partial charge in [0, 0.05) is 13.2 Å². The van der Waals surface area contributed by atoms with Gasteiger partial charge in [0.2, 0.25) is 0 Å². The Morgan fingerprint density at radius 2 is 2.11 bits per heavy atom. The third-order valence-corrected chi connectivity index (χ3v) is 2.44. The first-order chi connectivity index (χ1) is 4.47. The second-order valence-electron chi connectivity index (χ2n) is 3.04. The van der Waals surface area contributed by atoms with Crippen molar-refractivity contribution in [3.05, 3.63) is 0 Å². The smallest absolute Gasteiger partial charge is 0.0498 e. The molecule has 1 N–H and O–H groups in total. The zero-order valence-electron chi connectivity index (χ0n) is 5.60. The van der Waals surface area contributed by atoms with E-state index in [4.69, 9.17) is 4.74 Å². The highest BCUT2D eigenvalue weighted by Gasteiger charge is 2.29. The van der Waals surface area contributed by atoms with Gasteiger partial charge in [0.05, 0.1) is 0 Å². The number of nitrogens with one attached hydrogen (secondary N) is 1. The van der Waals surface area contributed by atoms with Crippen molar-refractivity contribution in [1.82, 2.24) is 5.32 Å². The Hall–Kier alpha value is -0.0800. The molecule has 2 rings (SSSR count). The van der Waals surface area contributed by atoms with Gasteiger partial charge < -0.3 is 10.1 Å². The molecule has 1 atom stereocenters. The second-order valence-corrected chi connectivity index (χ2v) is 3.04. The lowest BCUT2D eigenvalue weighted by Crippen LogP contribution is -2.46. The van der Waals surface area contributed by atoms with E-state index in [0.717, 1.165) is 25.0 Å². The maximum Gasteiger partial charge on any atom is 0.0498 e. The van der Waals surface area contributed by atoms with Crippen LogP contribution < -0.4 is 5.32 Å². The highest BCUT2D eigenvalue weighted by atomic mass is 16.5. The van der Waals surface area contributed by atoms with Crippen LogP contribution in [-0.2, 0) is 4.74 Å². The van der Waals surface area contributed by atoms with E-state index in [0.29, 0.717) is 0 Å². The molecule has 2 fully saturated rings. The lowest BCUT2D eigenvalue weighted by molar-refractivity contribution is 0.155. The summed E-state index contributed by atoms with van der Waals surface area (Å²) >= 11 is 0. The zero-order valence-corrected chi connectivity index (χ0v) is 5.60. The van der Waals surface area contributed by atoms with Crippen molar-refractivity contribution in [2.75, 3.05) is 26.3 Å². The quantitative estimate of drug-likeness (QED) is 0.545. The SMILES string of the molecule is C1C[C@H](C2CNC2)CO1. The standard InChI is InChI=1S/C7H13NO/c1-2-9-5-6(1)7-3-8-4-7/h6-8H,1-5H2/t6-/m0/s1. The first-order valence-electron chi connectivity index (χ1n) is 3.75. The first kappa shape index (κ1) is 5.69. The highest BCUT2D eigenvalue weighted by molar-refractivity contribution is 4.83. The van der Waals surface area contributed by atoms with Gasteiger partial charge in [-0.3, -0.25) is 0 Å². The number of hydrogen-bond donors (Lipinski definition) is 1. The number of hydrogen-bond acceptors (Lipinski definition) is 2. The fourth-order valence-corrected chi connectivity index (χ4v) is 1.57. The maximum atomic E-state index is 5.29. The molecular weight excluding hydrogens is 114 g/mol. The van der Waals surface area contributed by atoms with Crippen molar-refractivity contribution in [2.45, 2.75) is 6.42 Å². The summed E-state index contributed by atoms with van der Waals surface area (Å²) in [5.41, 5.74) is 0. The van der Waals surface area contributed by atoms with Gasteiger partial charge in [0.25, 0.3) is 0 Å². The molecule has 0 unspecified atom stereocenters. The molecule has 0 aliphatic carbocycles. The molecule has 0 aromatic rings. The van der Waals surface area contributed by atoms with E-state index in [-0.39, 0.29) is 0 Å². The Labute approximate surface area is 55.6 Å². The molecule has 0 radical (unpaired) electrons. The van der Waals surface area contributed by atoms with Crippen LogP contribution in [0.15, 0.2) is 0 Å². The predicted octanol–water partition coefficient (Wildman–Crippen LogP) is 0.242. The molecule has 2 nitrogen and oxygen atoms in total. The summed E-state index contributed by atoms with van der Waals surface area (Å²) < 4.78 is 5.29. The summed E-state index contributed by atoms with van der Waals surface area (Å²) in [6, 6.07) is 0. The third-order valence-electron chi connectivity index (χ3n) is 2.44. The van der Waals surface area contributed by atoms with E-state index in [9.17, 15) is 0 Å². The summed E-state index contributed by atoms with van der Waals surface area (Å²) in [5, 5.41) is 3.28. The Bertz CT molecular complexity index is 95.1. The molecule has 52 valence electrons. The van der Waals surface area contributed by atoms with Crippen LogP contribution in [0.5, 0.6) is 0 Å². The highest BCUT2D eigenvalue weighted by Crippen LogP contribution is 2.24. The summed E-state index contributed by atoms with van der Waals surface area (Å²) in [4.78, 5) is 0. The number of rotatable bonds is 1. The minimum absolute atomic E-state index is 0.881. The van der Waals surface area contributed by atoms with E-state index >= 15 is 0 Å². The first-order valence-corrected chi connectivity index (χ1v) is 3.75. The fraction of sp³-hybridized carbons (Fsp3) is 1.00. The molecule has 0 aromatic carbocycles. The maximum absolute atomic E-state index is 5.29. The third kappa shape index (κ3) is 0.970. The van der Waals surface area contributed by atoms with Crippen molar-refractivity contribution in [3.8, 4) is 0 Å². The van der Waals surface area contributed by atoms with Gasteiger partial charge in [-0.15, -0.1) is 0 Å². The number of ether oxygens (including phenoxy) is 1. The van der Waals surface area contributed by atoms with Crippen LogP contribution in [0, 0.1) is 11.8 Å². The van der Waals surface area contributed by atoms with Gasteiger partial charge in [-0.25, -0.2) is 0 Å². The molecule has 2 aliphatic rings. The molecule has 9 heavy (non-hydrogen) atoms. The largest absolute Gasteiger partial charge is 0.381 e. The van der Waals surface area contributed by atoms with E-state index < -0.39 is 0 Å². The van der Waals surface area contributed by atoms with Gasteiger partial charge in [0.1, 0.15) is 0 Å².